The SMILES string of the molecule is Cc1cc2cccnc2n(NCCCCC(C)C)c1=S. The molecule has 0 aliphatic carbocycles. The molecule has 2 aromatic rings. The van der Waals surface area contributed by atoms with Crippen molar-refractivity contribution in [3.63, 3.8) is 0 Å². The fourth-order valence-corrected chi connectivity index (χ4v) is 2.50. The molecule has 0 radical (unpaired) electrons. The van der Waals surface area contributed by atoms with Gasteiger partial charge in [-0.15, -0.1) is 0 Å². The van der Waals surface area contributed by atoms with E-state index in [-0.39, 0.29) is 0 Å². The number of rotatable bonds is 6. The number of aromatic nitrogens is 2. The summed E-state index contributed by atoms with van der Waals surface area (Å²) >= 11 is 5.50. The zero-order valence-electron chi connectivity index (χ0n) is 12.5. The monoisotopic (exact) mass is 289 g/mol. The van der Waals surface area contributed by atoms with Gasteiger partial charge in [0, 0.05) is 18.1 Å². The predicted molar refractivity (Wildman–Crippen MR) is 88.2 cm³/mol. The molecule has 0 saturated heterocycles. The van der Waals surface area contributed by atoms with Crippen molar-refractivity contribution in [2.45, 2.75) is 40.0 Å². The van der Waals surface area contributed by atoms with E-state index in [9.17, 15) is 0 Å². The molecule has 0 unspecified atom stereocenters. The molecular weight excluding hydrogens is 266 g/mol. The van der Waals surface area contributed by atoms with Crippen LogP contribution in [-0.4, -0.2) is 16.2 Å². The van der Waals surface area contributed by atoms with E-state index >= 15 is 0 Å². The Hall–Kier alpha value is -1.42. The molecule has 0 bridgehead atoms. The quantitative estimate of drug-likeness (QED) is 0.629. The van der Waals surface area contributed by atoms with Gasteiger partial charge < -0.3 is 5.43 Å². The molecule has 3 nitrogen and oxygen atoms in total. The van der Waals surface area contributed by atoms with Gasteiger partial charge in [-0.05, 0) is 43.0 Å². The molecule has 108 valence electrons. The molecule has 0 aliphatic heterocycles. The second-order valence-corrected chi connectivity index (χ2v) is 6.07. The van der Waals surface area contributed by atoms with E-state index in [1.54, 1.807) is 0 Å². The Kier molecular flexibility index (Phi) is 5.12. The summed E-state index contributed by atoms with van der Waals surface area (Å²) in [5.41, 5.74) is 5.44. The highest BCUT2D eigenvalue weighted by Crippen LogP contribution is 2.14. The van der Waals surface area contributed by atoms with Gasteiger partial charge in [-0.3, -0.25) is 0 Å². The lowest BCUT2D eigenvalue weighted by atomic mass is 10.1. The fourth-order valence-electron chi connectivity index (χ4n) is 2.29. The molecule has 0 fully saturated rings. The molecule has 2 aromatic heterocycles. The standard InChI is InChI=1S/C16H23N3S/c1-12(2)7-4-5-10-18-19-15-14(8-6-9-17-15)11-13(3)16(19)20/h6,8-9,11-12,18H,4-5,7,10H2,1-3H3. The van der Waals surface area contributed by atoms with E-state index in [4.69, 9.17) is 12.2 Å². The van der Waals surface area contributed by atoms with E-state index in [2.05, 4.69) is 36.4 Å². The van der Waals surface area contributed by atoms with Crippen LogP contribution in [0.15, 0.2) is 24.4 Å². The third kappa shape index (κ3) is 3.57. The highest BCUT2D eigenvalue weighted by Gasteiger charge is 2.04. The topological polar surface area (TPSA) is 29.9 Å². The molecule has 0 amide bonds. The van der Waals surface area contributed by atoms with Crippen LogP contribution in [0.25, 0.3) is 11.0 Å². The largest absolute Gasteiger partial charge is 0.323 e. The van der Waals surface area contributed by atoms with Crippen molar-refractivity contribution in [2.24, 2.45) is 5.92 Å². The van der Waals surface area contributed by atoms with Crippen LogP contribution in [0.2, 0.25) is 0 Å². The predicted octanol–water partition coefficient (Wildman–Crippen LogP) is 4.44. The van der Waals surface area contributed by atoms with Gasteiger partial charge >= 0.3 is 0 Å². The van der Waals surface area contributed by atoms with Gasteiger partial charge in [-0.25, -0.2) is 9.66 Å². The van der Waals surface area contributed by atoms with Crippen molar-refractivity contribution in [3.05, 3.63) is 34.6 Å². The van der Waals surface area contributed by atoms with Gasteiger partial charge in [-0.1, -0.05) is 38.9 Å². The maximum absolute atomic E-state index is 5.50. The van der Waals surface area contributed by atoms with Gasteiger partial charge in [-0.2, -0.15) is 0 Å². The summed E-state index contributed by atoms with van der Waals surface area (Å²) in [6, 6.07) is 6.13. The average molecular weight is 289 g/mol. The number of unbranched alkanes of at least 4 members (excludes halogenated alkanes) is 1. The van der Waals surface area contributed by atoms with Crippen LogP contribution in [0.1, 0.15) is 38.7 Å². The first-order valence-electron chi connectivity index (χ1n) is 7.31. The molecule has 2 heterocycles. The number of fused-ring (bicyclic) bond motifs is 1. The van der Waals surface area contributed by atoms with Crippen molar-refractivity contribution < 1.29 is 0 Å². The van der Waals surface area contributed by atoms with E-state index in [0.29, 0.717) is 0 Å². The van der Waals surface area contributed by atoms with Gasteiger partial charge in [0.05, 0.1) is 0 Å². The second-order valence-electron chi connectivity index (χ2n) is 5.68. The minimum Gasteiger partial charge on any atom is -0.323 e. The molecule has 1 N–H and O–H groups in total. The highest BCUT2D eigenvalue weighted by molar-refractivity contribution is 7.71. The highest BCUT2D eigenvalue weighted by atomic mass is 32.1. The summed E-state index contributed by atoms with van der Waals surface area (Å²) in [4.78, 5) is 4.44. The van der Waals surface area contributed by atoms with Crippen LogP contribution in [0.3, 0.4) is 0 Å². The van der Waals surface area contributed by atoms with Crippen LogP contribution in [0.4, 0.5) is 0 Å². The Labute approximate surface area is 126 Å². The Morgan fingerprint density at radius 2 is 2.15 bits per heavy atom. The number of nitrogens with one attached hydrogen (secondary N) is 1. The molecule has 4 heteroatoms. The summed E-state index contributed by atoms with van der Waals surface area (Å²) in [5, 5.41) is 1.12. The van der Waals surface area contributed by atoms with Crippen LogP contribution in [0.5, 0.6) is 0 Å². The van der Waals surface area contributed by atoms with Gasteiger partial charge in [0.15, 0.2) is 5.65 Å². The zero-order valence-corrected chi connectivity index (χ0v) is 13.3. The summed E-state index contributed by atoms with van der Waals surface area (Å²) < 4.78 is 2.77. The normalized spacial score (nSPS) is 11.2. The summed E-state index contributed by atoms with van der Waals surface area (Å²) in [6.45, 7) is 7.50. The molecular formula is C16H23N3S. The number of hydrogen-bond acceptors (Lipinski definition) is 3. The Morgan fingerprint density at radius 1 is 1.35 bits per heavy atom. The van der Waals surface area contributed by atoms with Crippen molar-refractivity contribution in [2.75, 3.05) is 12.0 Å². The number of hydrogen-bond donors (Lipinski definition) is 1. The van der Waals surface area contributed by atoms with E-state index < -0.39 is 0 Å². The van der Waals surface area contributed by atoms with Crippen LogP contribution < -0.4 is 5.43 Å². The maximum Gasteiger partial charge on any atom is 0.159 e. The fraction of sp³-hybridized carbons (Fsp3) is 0.500. The van der Waals surface area contributed by atoms with Crippen molar-refractivity contribution in [1.82, 2.24) is 9.66 Å². The molecule has 2 rings (SSSR count). The third-order valence-electron chi connectivity index (χ3n) is 3.42. The van der Waals surface area contributed by atoms with Gasteiger partial charge in [0.25, 0.3) is 0 Å². The smallest absolute Gasteiger partial charge is 0.159 e. The third-order valence-corrected chi connectivity index (χ3v) is 3.92. The lowest BCUT2D eigenvalue weighted by Crippen LogP contribution is -2.19. The number of aryl methyl sites for hydroxylation is 1. The minimum absolute atomic E-state index is 0.777. The first-order valence-corrected chi connectivity index (χ1v) is 7.71. The van der Waals surface area contributed by atoms with E-state index in [1.165, 1.54) is 12.8 Å². The van der Waals surface area contributed by atoms with Crippen LogP contribution >= 0.6 is 12.2 Å². The lowest BCUT2D eigenvalue weighted by molar-refractivity contribution is 0.540. The molecule has 0 spiro atoms. The van der Waals surface area contributed by atoms with Crippen molar-refractivity contribution >= 4 is 23.3 Å². The molecule has 0 saturated carbocycles. The zero-order chi connectivity index (χ0) is 14.5. The molecule has 0 aliphatic rings. The molecule has 20 heavy (non-hydrogen) atoms. The van der Waals surface area contributed by atoms with Crippen LogP contribution in [0, 0.1) is 17.5 Å². The van der Waals surface area contributed by atoms with Crippen molar-refractivity contribution in [3.8, 4) is 0 Å². The second kappa shape index (κ2) is 6.84. The summed E-state index contributed by atoms with van der Waals surface area (Å²) in [7, 11) is 0. The van der Waals surface area contributed by atoms with E-state index in [0.717, 1.165) is 40.1 Å². The minimum atomic E-state index is 0.777. The summed E-state index contributed by atoms with van der Waals surface area (Å²) in [5.74, 6) is 0.777. The Morgan fingerprint density at radius 3 is 2.90 bits per heavy atom. The number of nitrogens with zero attached hydrogens (tertiary/aromatic N) is 2. The lowest BCUT2D eigenvalue weighted by Gasteiger charge is -2.14. The number of pyridine rings is 2. The Balaban J connectivity index is 2.13. The van der Waals surface area contributed by atoms with Gasteiger partial charge in [0.2, 0.25) is 0 Å². The summed E-state index contributed by atoms with van der Waals surface area (Å²) in [6.07, 6.45) is 5.49. The van der Waals surface area contributed by atoms with Gasteiger partial charge in [0.1, 0.15) is 4.64 Å². The van der Waals surface area contributed by atoms with E-state index in [1.807, 2.05) is 23.9 Å². The molecule has 0 atom stereocenters. The maximum atomic E-state index is 5.50. The van der Waals surface area contributed by atoms with Crippen LogP contribution in [-0.2, 0) is 0 Å². The first-order chi connectivity index (χ1) is 9.59. The Bertz CT molecular complexity index is 631. The first kappa shape index (κ1) is 15.0. The molecule has 0 aromatic carbocycles. The van der Waals surface area contributed by atoms with Crippen molar-refractivity contribution in [1.29, 1.82) is 0 Å². The average Bonchev–Trinajstić information content (AvgIpc) is 2.42.